The lowest BCUT2D eigenvalue weighted by molar-refractivity contribution is -0.385. The Bertz CT molecular complexity index is 1310. The first kappa shape index (κ1) is 25.4. The standard InChI is InChI=1S/C16H13ClF3N3O7S2/c1-31(26,27)21-15(22-32(2,28)29)11-8-10(4-5-13(11)23(24)25)30-14-6-3-9(7-12(14)17)16(18,19)20/h3-8H,1-2H3,(H,21,22). The molecule has 0 fully saturated rings. The van der Waals surface area contributed by atoms with E-state index in [1.807, 2.05) is 0 Å². The first-order valence-electron chi connectivity index (χ1n) is 8.07. The lowest BCUT2D eigenvalue weighted by atomic mass is 10.1. The highest BCUT2D eigenvalue weighted by Gasteiger charge is 2.31. The first-order chi connectivity index (χ1) is 14.5. The van der Waals surface area contributed by atoms with Crippen LogP contribution in [0.2, 0.25) is 5.02 Å². The zero-order valence-electron chi connectivity index (χ0n) is 16.0. The molecule has 16 heteroatoms. The number of sulfonamides is 2. The van der Waals surface area contributed by atoms with Gasteiger partial charge in [0.2, 0.25) is 10.0 Å². The van der Waals surface area contributed by atoms with Gasteiger partial charge in [-0.1, -0.05) is 11.6 Å². The summed E-state index contributed by atoms with van der Waals surface area (Å²) in [5, 5.41) is 10.9. The van der Waals surface area contributed by atoms with E-state index in [-0.39, 0.29) is 11.5 Å². The third-order valence-electron chi connectivity index (χ3n) is 3.45. The van der Waals surface area contributed by atoms with Gasteiger partial charge < -0.3 is 4.74 Å². The molecular weight excluding hydrogens is 503 g/mol. The van der Waals surface area contributed by atoms with Crippen LogP contribution in [0, 0.1) is 10.1 Å². The Morgan fingerprint density at radius 1 is 1.12 bits per heavy atom. The molecule has 2 rings (SSSR count). The van der Waals surface area contributed by atoms with Crippen LogP contribution in [0.5, 0.6) is 11.5 Å². The second-order valence-electron chi connectivity index (χ2n) is 6.23. The van der Waals surface area contributed by atoms with Crippen molar-refractivity contribution in [2.24, 2.45) is 4.40 Å². The van der Waals surface area contributed by atoms with E-state index in [2.05, 4.69) is 4.40 Å². The van der Waals surface area contributed by atoms with Gasteiger partial charge in [0.1, 0.15) is 17.1 Å². The Balaban J connectivity index is 2.61. The Morgan fingerprint density at radius 3 is 2.22 bits per heavy atom. The molecule has 0 aliphatic carbocycles. The summed E-state index contributed by atoms with van der Waals surface area (Å²) in [5.74, 6) is -1.37. The summed E-state index contributed by atoms with van der Waals surface area (Å²) in [6.07, 6.45) is -3.36. The predicted octanol–water partition coefficient (Wildman–Crippen LogP) is 3.31. The van der Waals surface area contributed by atoms with Gasteiger partial charge in [-0.15, -0.1) is 4.40 Å². The number of halogens is 4. The Morgan fingerprint density at radius 2 is 1.75 bits per heavy atom. The van der Waals surface area contributed by atoms with Crippen LogP contribution >= 0.6 is 11.6 Å². The summed E-state index contributed by atoms with van der Waals surface area (Å²) in [7, 11) is -8.33. The third kappa shape index (κ3) is 7.06. The van der Waals surface area contributed by atoms with Crippen molar-refractivity contribution in [2.45, 2.75) is 6.18 Å². The van der Waals surface area contributed by atoms with E-state index in [4.69, 9.17) is 16.3 Å². The molecule has 0 spiro atoms. The lowest BCUT2D eigenvalue weighted by Crippen LogP contribution is -2.31. The van der Waals surface area contributed by atoms with Gasteiger partial charge in [-0.05, 0) is 30.3 Å². The highest BCUT2D eigenvalue weighted by atomic mass is 35.5. The number of nitro groups is 1. The molecule has 32 heavy (non-hydrogen) atoms. The van der Waals surface area contributed by atoms with Crippen molar-refractivity contribution in [1.29, 1.82) is 0 Å². The minimum atomic E-state index is -4.66. The minimum absolute atomic E-state index is 0.233. The van der Waals surface area contributed by atoms with E-state index >= 15 is 0 Å². The zero-order valence-corrected chi connectivity index (χ0v) is 18.4. The SMILES string of the molecule is CS(=O)(=O)N=C(NS(C)(=O)=O)c1cc(Oc2ccc(C(F)(F)F)cc2Cl)ccc1[N+](=O)[O-]. The number of hydrogen-bond acceptors (Lipinski definition) is 7. The molecule has 0 saturated carbocycles. The van der Waals surface area contributed by atoms with Crippen LogP contribution in [-0.2, 0) is 26.2 Å². The van der Waals surface area contributed by atoms with Gasteiger partial charge in [0, 0.05) is 6.07 Å². The molecule has 2 aromatic rings. The maximum Gasteiger partial charge on any atom is 0.416 e. The molecule has 10 nitrogen and oxygen atoms in total. The molecule has 0 unspecified atom stereocenters. The maximum atomic E-state index is 12.8. The number of rotatable bonds is 6. The van der Waals surface area contributed by atoms with Crippen molar-refractivity contribution in [2.75, 3.05) is 12.5 Å². The molecule has 0 radical (unpaired) electrons. The van der Waals surface area contributed by atoms with Gasteiger partial charge in [-0.2, -0.15) is 13.2 Å². The van der Waals surface area contributed by atoms with E-state index in [0.717, 1.165) is 24.3 Å². The van der Waals surface area contributed by atoms with Gasteiger partial charge in [-0.25, -0.2) is 16.8 Å². The third-order valence-corrected chi connectivity index (χ3v) is 4.82. The molecule has 0 heterocycles. The second kappa shape index (κ2) is 8.91. The van der Waals surface area contributed by atoms with E-state index < -0.39 is 58.8 Å². The average Bonchev–Trinajstić information content (AvgIpc) is 2.59. The largest absolute Gasteiger partial charge is 0.456 e. The summed E-state index contributed by atoms with van der Waals surface area (Å²) in [5.41, 5.74) is -2.35. The van der Waals surface area contributed by atoms with Gasteiger partial charge in [-0.3, -0.25) is 14.8 Å². The molecule has 174 valence electrons. The first-order valence-corrected chi connectivity index (χ1v) is 12.2. The topological polar surface area (TPSA) is 145 Å². The molecule has 0 bridgehead atoms. The summed E-state index contributed by atoms with van der Waals surface area (Å²) in [6, 6.07) is 5.00. The van der Waals surface area contributed by atoms with E-state index in [0.29, 0.717) is 24.6 Å². The molecule has 0 atom stereocenters. The number of hydrogen-bond donors (Lipinski definition) is 1. The summed E-state index contributed by atoms with van der Waals surface area (Å²) in [6.45, 7) is 0. The molecule has 0 aliphatic heterocycles. The number of alkyl halides is 3. The zero-order chi connectivity index (χ0) is 24.5. The van der Waals surface area contributed by atoms with Crippen molar-refractivity contribution in [3.8, 4) is 11.5 Å². The highest BCUT2D eigenvalue weighted by molar-refractivity contribution is 7.90. The molecule has 1 N–H and O–H groups in total. The van der Waals surface area contributed by atoms with Crippen LogP contribution in [0.1, 0.15) is 11.1 Å². The summed E-state index contributed by atoms with van der Waals surface area (Å²) < 4.78 is 95.1. The number of ether oxygens (including phenoxy) is 1. The number of amidine groups is 1. The van der Waals surface area contributed by atoms with Gasteiger partial charge in [0.15, 0.2) is 5.84 Å². The van der Waals surface area contributed by atoms with Crippen molar-refractivity contribution >= 4 is 43.2 Å². The minimum Gasteiger partial charge on any atom is -0.456 e. The van der Waals surface area contributed by atoms with Crippen LogP contribution in [0.4, 0.5) is 18.9 Å². The monoisotopic (exact) mass is 515 g/mol. The van der Waals surface area contributed by atoms with Gasteiger partial charge >= 0.3 is 6.18 Å². The Labute approximate surface area is 184 Å². The maximum absolute atomic E-state index is 12.8. The van der Waals surface area contributed by atoms with Crippen molar-refractivity contribution < 1.29 is 39.7 Å². The molecule has 0 saturated heterocycles. The van der Waals surface area contributed by atoms with E-state index in [1.165, 1.54) is 0 Å². The molecule has 2 aromatic carbocycles. The summed E-state index contributed by atoms with van der Waals surface area (Å²) >= 11 is 5.82. The second-order valence-corrected chi connectivity index (χ2v) is 10.0. The molecule has 0 aliphatic rings. The fraction of sp³-hybridized carbons (Fsp3) is 0.188. The quantitative estimate of drug-likeness (QED) is 0.269. The number of nitrogens with zero attached hydrogens (tertiary/aromatic N) is 2. The molecular formula is C16H13ClF3N3O7S2. The highest BCUT2D eigenvalue weighted by Crippen LogP contribution is 2.37. The van der Waals surface area contributed by atoms with Crippen LogP contribution in [0.25, 0.3) is 0 Å². The number of benzene rings is 2. The normalized spacial score (nSPS) is 13.0. The van der Waals surface area contributed by atoms with Gasteiger partial charge in [0.05, 0.1) is 28.0 Å². The number of nitrogens with one attached hydrogen (secondary N) is 1. The van der Waals surface area contributed by atoms with Gasteiger partial charge in [0.25, 0.3) is 15.7 Å². The fourth-order valence-corrected chi connectivity index (χ4v) is 3.54. The Hall–Kier alpha value is -2.91. The van der Waals surface area contributed by atoms with Crippen molar-refractivity contribution in [1.82, 2.24) is 4.72 Å². The van der Waals surface area contributed by atoms with Crippen LogP contribution in [-0.4, -0.2) is 40.1 Å². The summed E-state index contributed by atoms with van der Waals surface area (Å²) in [4.78, 5) is 10.4. The predicted molar refractivity (Wildman–Crippen MR) is 109 cm³/mol. The van der Waals surface area contributed by atoms with Crippen molar-refractivity contribution in [3.05, 3.63) is 62.7 Å². The van der Waals surface area contributed by atoms with E-state index in [1.54, 1.807) is 4.72 Å². The van der Waals surface area contributed by atoms with E-state index in [9.17, 15) is 40.1 Å². The van der Waals surface area contributed by atoms with Crippen LogP contribution < -0.4 is 9.46 Å². The molecule has 0 aromatic heterocycles. The fourth-order valence-electron chi connectivity index (χ4n) is 2.28. The smallest absolute Gasteiger partial charge is 0.416 e. The number of nitro benzene ring substituents is 1. The molecule has 0 amide bonds. The van der Waals surface area contributed by atoms with Crippen LogP contribution in [0.3, 0.4) is 0 Å². The van der Waals surface area contributed by atoms with Crippen LogP contribution in [0.15, 0.2) is 40.8 Å². The van der Waals surface area contributed by atoms with Crippen molar-refractivity contribution in [3.63, 3.8) is 0 Å². The Kier molecular flexibility index (Phi) is 7.06. The lowest BCUT2D eigenvalue weighted by Gasteiger charge is -2.13. The average molecular weight is 516 g/mol.